The molecule has 0 aliphatic rings. The Kier molecular flexibility index (Phi) is 4.14. The summed E-state index contributed by atoms with van der Waals surface area (Å²) in [6.45, 7) is 0. The Bertz CT molecular complexity index is 327. The van der Waals surface area contributed by atoms with E-state index in [-0.39, 0.29) is 0 Å². The lowest BCUT2D eigenvalue weighted by molar-refractivity contribution is 0.411. The molecule has 0 atom stereocenters. The Labute approximate surface area is 82.9 Å². The molecule has 2 nitrogen and oxygen atoms in total. The average molecular weight is 196 g/mol. The lowest BCUT2D eigenvalue weighted by atomic mass is 10.3. The van der Waals surface area contributed by atoms with Gasteiger partial charge < -0.3 is 4.74 Å². The van der Waals surface area contributed by atoms with Crippen molar-refractivity contribution in [1.29, 1.82) is 0 Å². The number of hydrogen-bond acceptors (Lipinski definition) is 2. The smallest absolute Gasteiger partial charge is 0.155 e. The van der Waals surface area contributed by atoms with E-state index in [1.807, 2.05) is 12.1 Å². The van der Waals surface area contributed by atoms with E-state index >= 15 is 0 Å². The monoisotopic (exact) mass is 195 g/mol. The van der Waals surface area contributed by atoms with Crippen molar-refractivity contribution < 1.29 is 4.74 Å². The Balaban J connectivity index is 2.82. The molecule has 0 unspecified atom stereocenters. The van der Waals surface area contributed by atoms with Crippen LogP contribution >= 0.6 is 11.6 Å². The number of rotatable bonds is 2. The summed E-state index contributed by atoms with van der Waals surface area (Å²) < 4.78 is 5.08. The summed E-state index contributed by atoms with van der Waals surface area (Å²) in [5, 5.41) is 0. The first-order valence-corrected chi connectivity index (χ1v) is 4.45. The van der Waals surface area contributed by atoms with E-state index < -0.39 is 0 Å². The third kappa shape index (κ3) is 2.96. The molecule has 1 heterocycles. The fourth-order valence-electron chi connectivity index (χ4n) is 0.843. The highest BCUT2D eigenvalue weighted by Gasteiger charge is 1.97. The summed E-state index contributed by atoms with van der Waals surface area (Å²) in [6.07, 6.45) is 2.36. The van der Waals surface area contributed by atoms with Gasteiger partial charge in [-0.25, -0.2) is 4.98 Å². The predicted octanol–water partition coefficient (Wildman–Crippen LogP) is 2.07. The molecule has 1 aromatic heterocycles. The van der Waals surface area contributed by atoms with Gasteiger partial charge in [-0.05, 0) is 18.1 Å². The van der Waals surface area contributed by atoms with Gasteiger partial charge in [-0.3, -0.25) is 0 Å². The normalized spacial score (nSPS) is 8.77. The quantitative estimate of drug-likeness (QED) is 0.533. The van der Waals surface area contributed by atoms with Crippen LogP contribution in [-0.2, 0) is 0 Å². The second-order valence-corrected chi connectivity index (χ2v) is 2.67. The van der Waals surface area contributed by atoms with Gasteiger partial charge in [0.1, 0.15) is 0 Å². The number of hydrogen-bond donors (Lipinski definition) is 0. The molecule has 13 heavy (non-hydrogen) atoms. The van der Waals surface area contributed by atoms with Crippen molar-refractivity contribution in [2.24, 2.45) is 0 Å². The highest BCUT2D eigenvalue weighted by atomic mass is 35.5. The van der Waals surface area contributed by atoms with Gasteiger partial charge in [0.2, 0.25) is 0 Å². The molecule has 0 amide bonds. The second-order valence-electron chi connectivity index (χ2n) is 2.30. The van der Waals surface area contributed by atoms with Crippen molar-refractivity contribution >= 4 is 11.6 Å². The van der Waals surface area contributed by atoms with E-state index in [4.69, 9.17) is 16.3 Å². The number of nitrogens with zero attached hydrogens (tertiary/aromatic N) is 1. The van der Waals surface area contributed by atoms with Gasteiger partial charge in [0.25, 0.3) is 0 Å². The first kappa shape index (κ1) is 9.88. The van der Waals surface area contributed by atoms with E-state index in [0.29, 0.717) is 23.7 Å². The molecule has 0 N–H and O–H groups in total. The van der Waals surface area contributed by atoms with Crippen molar-refractivity contribution in [2.75, 3.05) is 13.0 Å². The van der Waals surface area contributed by atoms with E-state index in [9.17, 15) is 0 Å². The van der Waals surface area contributed by atoms with Gasteiger partial charge >= 0.3 is 0 Å². The van der Waals surface area contributed by atoms with Crippen LogP contribution in [0.3, 0.4) is 0 Å². The molecule has 0 saturated carbocycles. The van der Waals surface area contributed by atoms with E-state index in [1.165, 1.54) is 0 Å². The number of ether oxygens (including phenoxy) is 1. The summed E-state index contributed by atoms with van der Waals surface area (Å²) >= 11 is 5.49. The van der Waals surface area contributed by atoms with Crippen LogP contribution in [0.15, 0.2) is 18.3 Å². The zero-order valence-electron chi connectivity index (χ0n) is 7.38. The second kappa shape index (κ2) is 5.45. The van der Waals surface area contributed by atoms with Gasteiger partial charge in [0, 0.05) is 18.5 Å². The van der Waals surface area contributed by atoms with Crippen LogP contribution in [-0.4, -0.2) is 18.0 Å². The zero-order chi connectivity index (χ0) is 9.52. The Hall–Kier alpha value is -1.20. The summed E-state index contributed by atoms with van der Waals surface area (Å²) in [4.78, 5) is 4.08. The standard InChI is InChI=1S/C10H10ClNO/c1-13-10-6-4-8-12-9(10)5-2-3-7-11/h4,6,8H,3,7H2,1H3. The van der Waals surface area contributed by atoms with Crippen molar-refractivity contribution in [3.05, 3.63) is 24.0 Å². The van der Waals surface area contributed by atoms with Gasteiger partial charge in [-0.2, -0.15) is 0 Å². The van der Waals surface area contributed by atoms with E-state index in [2.05, 4.69) is 16.8 Å². The molecule has 0 aliphatic heterocycles. The topological polar surface area (TPSA) is 22.1 Å². The summed E-state index contributed by atoms with van der Waals surface area (Å²) in [6, 6.07) is 3.64. The highest BCUT2D eigenvalue weighted by molar-refractivity contribution is 6.18. The molecule has 1 aromatic rings. The van der Waals surface area contributed by atoms with Crippen LogP contribution in [0, 0.1) is 11.8 Å². The number of methoxy groups -OCH3 is 1. The first-order chi connectivity index (χ1) is 6.38. The largest absolute Gasteiger partial charge is 0.494 e. The summed E-state index contributed by atoms with van der Waals surface area (Å²) in [5.74, 6) is 7.04. The minimum Gasteiger partial charge on any atom is -0.494 e. The average Bonchev–Trinajstić information content (AvgIpc) is 2.19. The molecular weight excluding hydrogens is 186 g/mol. The van der Waals surface area contributed by atoms with Crippen LogP contribution in [0.25, 0.3) is 0 Å². The SMILES string of the molecule is COc1cccnc1C#CCCCl. The van der Waals surface area contributed by atoms with Crippen LogP contribution in [0.1, 0.15) is 12.1 Å². The number of aromatic nitrogens is 1. The van der Waals surface area contributed by atoms with Gasteiger partial charge in [-0.15, -0.1) is 11.6 Å². The molecule has 0 aromatic carbocycles. The maximum Gasteiger partial charge on any atom is 0.155 e. The minimum absolute atomic E-state index is 0.544. The third-order valence-corrected chi connectivity index (χ3v) is 1.61. The van der Waals surface area contributed by atoms with E-state index in [1.54, 1.807) is 13.3 Å². The van der Waals surface area contributed by atoms with Crippen molar-refractivity contribution in [3.8, 4) is 17.6 Å². The summed E-state index contributed by atoms with van der Waals surface area (Å²) in [5.41, 5.74) is 0.662. The molecule has 0 spiro atoms. The molecule has 0 fully saturated rings. The fourth-order valence-corrected chi connectivity index (χ4v) is 0.937. The minimum atomic E-state index is 0.544. The Morgan fingerprint density at radius 3 is 3.15 bits per heavy atom. The fraction of sp³-hybridized carbons (Fsp3) is 0.300. The molecule has 0 saturated heterocycles. The highest BCUT2D eigenvalue weighted by Crippen LogP contribution is 2.12. The zero-order valence-corrected chi connectivity index (χ0v) is 8.14. The van der Waals surface area contributed by atoms with Gasteiger partial charge in [0.05, 0.1) is 7.11 Å². The molecule has 0 bridgehead atoms. The molecular formula is C10H10ClNO. The lowest BCUT2D eigenvalue weighted by Gasteiger charge is -1.99. The van der Waals surface area contributed by atoms with Gasteiger partial charge in [-0.1, -0.05) is 5.92 Å². The predicted molar refractivity (Wildman–Crippen MR) is 53.0 cm³/mol. The first-order valence-electron chi connectivity index (χ1n) is 3.92. The number of pyridine rings is 1. The van der Waals surface area contributed by atoms with Crippen molar-refractivity contribution in [2.45, 2.75) is 6.42 Å². The lowest BCUT2D eigenvalue weighted by Crippen LogP contribution is -1.89. The van der Waals surface area contributed by atoms with Crippen LogP contribution in [0.5, 0.6) is 5.75 Å². The number of halogens is 1. The van der Waals surface area contributed by atoms with Crippen LogP contribution < -0.4 is 4.74 Å². The van der Waals surface area contributed by atoms with Crippen LogP contribution in [0.4, 0.5) is 0 Å². The Morgan fingerprint density at radius 1 is 1.62 bits per heavy atom. The maximum absolute atomic E-state index is 5.49. The molecule has 0 radical (unpaired) electrons. The van der Waals surface area contributed by atoms with Crippen LogP contribution in [0.2, 0.25) is 0 Å². The summed E-state index contributed by atoms with van der Waals surface area (Å²) in [7, 11) is 1.60. The van der Waals surface area contributed by atoms with Crippen molar-refractivity contribution in [3.63, 3.8) is 0 Å². The molecule has 3 heteroatoms. The molecule has 1 rings (SSSR count). The molecule has 0 aliphatic carbocycles. The number of alkyl halides is 1. The molecule has 68 valence electrons. The third-order valence-electron chi connectivity index (χ3n) is 1.42. The van der Waals surface area contributed by atoms with Crippen molar-refractivity contribution in [1.82, 2.24) is 4.98 Å². The van der Waals surface area contributed by atoms with Gasteiger partial charge in [0.15, 0.2) is 11.4 Å². The Morgan fingerprint density at radius 2 is 2.46 bits per heavy atom. The van der Waals surface area contributed by atoms with E-state index in [0.717, 1.165) is 0 Å². The maximum atomic E-state index is 5.49.